The summed E-state index contributed by atoms with van der Waals surface area (Å²) in [4.78, 5) is 10.6. The fraction of sp³-hybridized carbons (Fsp3) is 0.500. The van der Waals surface area contributed by atoms with E-state index < -0.39 is 4.92 Å². The number of nitro benzene ring substituents is 1. The van der Waals surface area contributed by atoms with Gasteiger partial charge in [0, 0.05) is 12.1 Å². The second-order valence-electron chi connectivity index (χ2n) is 4.71. The summed E-state index contributed by atoms with van der Waals surface area (Å²) in [7, 11) is 1.48. The first-order valence-electron chi connectivity index (χ1n) is 5.89. The van der Waals surface area contributed by atoms with Crippen molar-refractivity contribution in [3.8, 4) is 5.75 Å². The van der Waals surface area contributed by atoms with Gasteiger partial charge in [0.05, 0.1) is 18.1 Å². The summed E-state index contributed by atoms with van der Waals surface area (Å²) in [5.41, 5.74) is 6.36. The highest BCUT2D eigenvalue weighted by atomic mass is 16.6. The largest absolute Gasteiger partial charge is 0.496 e. The normalized spacial score (nSPS) is 16.8. The van der Waals surface area contributed by atoms with Gasteiger partial charge in [-0.2, -0.15) is 0 Å². The van der Waals surface area contributed by atoms with Crippen molar-refractivity contribution in [3.05, 3.63) is 28.3 Å². The predicted octanol–water partition coefficient (Wildman–Crippen LogP) is 1.90. The summed E-state index contributed by atoms with van der Waals surface area (Å²) in [6, 6.07) is 4.75. The van der Waals surface area contributed by atoms with Gasteiger partial charge in [-0.25, -0.2) is 0 Å². The number of hydrogen-bond acceptors (Lipinski definition) is 5. The van der Waals surface area contributed by atoms with Crippen LogP contribution in [0.1, 0.15) is 19.3 Å². The summed E-state index contributed by atoms with van der Waals surface area (Å²) >= 11 is 0. The number of nitro groups is 1. The molecule has 1 aliphatic rings. The number of benzene rings is 1. The lowest BCUT2D eigenvalue weighted by Crippen LogP contribution is -2.52. The lowest BCUT2D eigenvalue weighted by molar-refractivity contribution is -0.384. The second-order valence-corrected chi connectivity index (χ2v) is 4.71. The average Bonchev–Trinajstić information content (AvgIpc) is 2.33. The van der Waals surface area contributed by atoms with Crippen LogP contribution in [0.25, 0.3) is 0 Å². The number of nitrogens with two attached hydrogens (primary N) is 1. The Morgan fingerprint density at radius 1 is 1.56 bits per heavy atom. The van der Waals surface area contributed by atoms with Crippen molar-refractivity contribution in [1.29, 1.82) is 0 Å². The van der Waals surface area contributed by atoms with Gasteiger partial charge in [-0.1, -0.05) is 0 Å². The van der Waals surface area contributed by atoms with E-state index in [2.05, 4.69) is 5.32 Å². The van der Waals surface area contributed by atoms with Crippen molar-refractivity contribution in [3.63, 3.8) is 0 Å². The number of hydrogen-bond donors (Lipinski definition) is 2. The summed E-state index contributed by atoms with van der Waals surface area (Å²) in [5.74, 6) is 0.471. The molecule has 3 N–H and O–H groups in total. The van der Waals surface area contributed by atoms with E-state index in [1.165, 1.54) is 13.2 Å². The van der Waals surface area contributed by atoms with E-state index >= 15 is 0 Å². The van der Waals surface area contributed by atoms with Gasteiger partial charge in [0.1, 0.15) is 11.4 Å². The molecule has 1 aliphatic carbocycles. The minimum absolute atomic E-state index is 0.0114. The van der Waals surface area contributed by atoms with E-state index in [0.29, 0.717) is 18.0 Å². The van der Waals surface area contributed by atoms with Gasteiger partial charge < -0.3 is 15.8 Å². The number of rotatable bonds is 5. The monoisotopic (exact) mass is 251 g/mol. The molecule has 0 aromatic heterocycles. The minimum Gasteiger partial charge on any atom is -0.496 e. The zero-order valence-electron chi connectivity index (χ0n) is 10.3. The van der Waals surface area contributed by atoms with E-state index in [1.54, 1.807) is 12.1 Å². The van der Waals surface area contributed by atoms with Crippen molar-refractivity contribution in [1.82, 2.24) is 0 Å². The molecule has 0 bridgehead atoms. The molecule has 6 nitrogen and oxygen atoms in total. The third kappa shape index (κ3) is 2.53. The van der Waals surface area contributed by atoms with Crippen molar-refractivity contribution in [2.24, 2.45) is 5.73 Å². The van der Waals surface area contributed by atoms with Gasteiger partial charge in [-0.15, -0.1) is 0 Å². The molecular weight excluding hydrogens is 234 g/mol. The number of methoxy groups -OCH3 is 1. The molecule has 1 saturated carbocycles. The summed E-state index contributed by atoms with van der Waals surface area (Å²) in [6.45, 7) is 0.556. The standard InChI is InChI=1S/C12H17N3O3/c1-18-9-3-4-10(11(7-9)15(16)17)14-8-12(13)5-2-6-12/h3-4,7,14H,2,5-6,8,13H2,1H3. The Morgan fingerprint density at radius 3 is 2.78 bits per heavy atom. The lowest BCUT2D eigenvalue weighted by Gasteiger charge is -2.38. The smallest absolute Gasteiger partial charge is 0.296 e. The topological polar surface area (TPSA) is 90.4 Å². The molecule has 0 unspecified atom stereocenters. The lowest BCUT2D eigenvalue weighted by atomic mass is 9.78. The highest BCUT2D eigenvalue weighted by Crippen LogP contribution is 2.32. The number of nitrogens with one attached hydrogen (secondary N) is 1. The first-order valence-corrected chi connectivity index (χ1v) is 5.89. The highest BCUT2D eigenvalue weighted by Gasteiger charge is 2.32. The maximum Gasteiger partial charge on any atom is 0.296 e. The Balaban J connectivity index is 2.13. The quantitative estimate of drug-likeness (QED) is 0.616. The molecule has 0 aliphatic heterocycles. The molecule has 0 atom stereocenters. The van der Waals surface area contributed by atoms with E-state index in [0.717, 1.165) is 19.3 Å². The maximum absolute atomic E-state index is 11.0. The van der Waals surface area contributed by atoms with E-state index in [9.17, 15) is 10.1 Å². The highest BCUT2D eigenvalue weighted by molar-refractivity contribution is 5.64. The Hall–Kier alpha value is -1.82. The molecule has 0 radical (unpaired) electrons. The van der Waals surface area contributed by atoms with Crippen LogP contribution < -0.4 is 15.8 Å². The van der Waals surface area contributed by atoms with Crippen LogP contribution in [0.2, 0.25) is 0 Å². The first-order chi connectivity index (χ1) is 8.54. The van der Waals surface area contributed by atoms with Crippen LogP contribution in [0.5, 0.6) is 5.75 Å². The average molecular weight is 251 g/mol. The minimum atomic E-state index is -0.422. The van der Waals surface area contributed by atoms with Crippen LogP contribution in [0.4, 0.5) is 11.4 Å². The van der Waals surface area contributed by atoms with E-state index in [1.807, 2.05) is 0 Å². The van der Waals surface area contributed by atoms with Gasteiger partial charge in [-0.3, -0.25) is 10.1 Å². The zero-order valence-corrected chi connectivity index (χ0v) is 10.3. The molecule has 0 amide bonds. The number of anilines is 1. The van der Waals surface area contributed by atoms with Crippen LogP contribution in [-0.4, -0.2) is 24.1 Å². The van der Waals surface area contributed by atoms with Crippen LogP contribution in [0, 0.1) is 10.1 Å². The van der Waals surface area contributed by atoms with Crippen LogP contribution in [-0.2, 0) is 0 Å². The van der Waals surface area contributed by atoms with Crippen molar-refractivity contribution in [2.75, 3.05) is 19.0 Å². The first kappa shape index (κ1) is 12.6. The molecule has 18 heavy (non-hydrogen) atoms. The molecule has 1 aromatic carbocycles. The van der Waals surface area contributed by atoms with Crippen LogP contribution in [0.15, 0.2) is 18.2 Å². The Morgan fingerprint density at radius 2 is 2.28 bits per heavy atom. The van der Waals surface area contributed by atoms with Gasteiger partial charge in [0.15, 0.2) is 0 Å². The van der Waals surface area contributed by atoms with Crippen molar-refractivity contribution in [2.45, 2.75) is 24.8 Å². The summed E-state index contributed by atoms with van der Waals surface area (Å²) in [5, 5.41) is 14.0. The third-order valence-corrected chi connectivity index (χ3v) is 3.38. The molecule has 0 heterocycles. The van der Waals surface area contributed by atoms with Gasteiger partial charge >= 0.3 is 0 Å². The number of ether oxygens (including phenoxy) is 1. The summed E-state index contributed by atoms with van der Waals surface area (Å²) in [6.07, 6.45) is 3.05. The Labute approximate surface area is 105 Å². The Bertz CT molecular complexity index is 458. The number of nitrogens with zero attached hydrogens (tertiary/aromatic N) is 1. The molecule has 0 spiro atoms. The maximum atomic E-state index is 11.0. The fourth-order valence-corrected chi connectivity index (χ4v) is 2.02. The van der Waals surface area contributed by atoms with Crippen LogP contribution in [0.3, 0.4) is 0 Å². The van der Waals surface area contributed by atoms with Gasteiger partial charge in [-0.05, 0) is 31.4 Å². The fourth-order valence-electron chi connectivity index (χ4n) is 2.02. The SMILES string of the molecule is COc1ccc(NCC2(N)CCC2)c([N+](=O)[O-])c1. The third-order valence-electron chi connectivity index (χ3n) is 3.38. The zero-order chi connectivity index (χ0) is 13.2. The molecule has 1 aromatic rings. The molecule has 2 rings (SSSR count). The van der Waals surface area contributed by atoms with Gasteiger partial charge in [0.2, 0.25) is 0 Å². The molecular formula is C12H17N3O3. The van der Waals surface area contributed by atoms with E-state index in [4.69, 9.17) is 10.5 Å². The Kier molecular flexibility index (Phi) is 3.38. The molecule has 6 heteroatoms. The molecule has 1 fully saturated rings. The predicted molar refractivity (Wildman–Crippen MR) is 68.9 cm³/mol. The van der Waals surface area contributed by atoms with Gasteiger partial charge in [0.25, 0.3) is 5.69 Å². The second kappa shape index (κ2) is 4.81. The molecule has 0 saturated heterocycles. The molecule has 98 valence electrons. The van der Waals surface area contributed by atoms with Crippen LogP contribution >= 0.6 is 0 Å². The summed E-state index contributed by atoms with van der Waals surface area (Å²) < 4.78 is 4.98. The van der Waals surface area contributed by atoms with Crippen molar-refractivity contribution < 1.29 is 9.66 Å². The van der Waals surface area contributed by atoms with E-state index in [-0.39, 0.29) is 11.2 Å². The van der Waals surface area contributed by atoms with Crippen molar-refractivity contribution >= 4 is 11.4 Å².